The molecule has 1 heterocycles. The monoisotopic (exact) mass is 362 g/mol. The molecule has 3 rings (SSSR count). The maximum Gasteiger partial charge on any atom is 0.203 e. The lowest BCUT2D eigenvalue weighted by atomic mass is 10.1. The van der Waals surface area contributed by atoms with E-state index in [1.165, 1.54) is 25.7 Å². The fraction of sp³-hybridized carbons (Fsp3) is 0.526. The molecule has 0 unspecified atom stereocenters. The van der Waals surface area contributed by atoms with Crippen LogP contribution in [0.1, 0.15) is 36.9 Å². The van der Waals surface area contributed by atoms with Gasteiger partial charge in [-0.2, -0.15) is 0 Å². The molecule has 0 spiro atoms. The predicted octanol–water partition coefficient (Wildman–Crippen LogP) is 4.11. The Kier molecular flexibility index (Phi) is 6.15. The fourth-order valence-corrected chi connectivity index (χ4v) is 4.16. The van der Waals surface area contributed by atoms with Crippen LogP contribution in [-0.4, -0.2) is 37.3 Å². The lowest BCUT2D eigenvalue weighted by molar-refractivity contribution is 0.176. The Balaban J connectivity index is 1.87. The van der Waals surface area contributed by atoms with Crippen LogP contribution in [0.4, 0.5) is 0 Å². The van der Waals surface area contributed by atoms with Gasteiger partial charge in [0.15, 0.2) is 11.5 Å². The molecule has 1 fully saturated rings. The van der Waals surface area contributed by atoms with Crippen molar-refractivity contribution in [1.82, 2.24) is 9.88 Å². The lowest BCUT2D eigenvalue weighted by Gasteiger charge is -2.29. The molecule has 1 aliphatic carbocycles. The number of hydrogen-bond acceptors (Lipinski definition) is 6. The zero-order valence-corrected chi connectivity index (χ0v) is 16.0. The van der Waals surface area contributed by atoms with Gasteiger partial charge < -0.3 is 14.2 Å². The number of ether oxygens (including phenoxy) is 3. The summed E-state index contributed by atoms with van der Waals surface area (Å²) >= 11 is 1.65. The van der Waals surface area contributed by atoms with Crippen LogP contribution in [0.3, 0.4) is 0 Å². The highest BCUT2D eigenvalue weighted by Crippen LogP contribution is 2.41. The number of nitrogens with zero attached hydrogens (tertiary/aromatic N) is 2. The van der Waals surface area contributed by atoms with Gasteiger partial charge in [-0.1, -0.05) is 18.9 Å². The predicted molar refractivity (Wildman–Crippen MR) is 99.7 cm³/mol. The third-order valence-electron chi connectivity index (χ3n) is 4.85. The average molecular weight is 362 g/mol. The molecule has 0 radical (unpaired) electrons. The van der Waals surface area contributed by atoms with Crippen molar-refractivity contribution in [1.29, 1.82) is 0 Å². The van der Waals surface area contributed by atoms with Crippen molar-refractivity contribution in [2.24, 2.45) is 0 Å². The van der Waals surface area contributed by atoms with E-state index in [1.807, 2.05) is 11.6 Å². The van der Waals surface area contributed by atoms with E-state index in [0.717, 1.165) is 30.1 Å². The van der Waals surface area contributed by atoms with E-state index >= 15 is 0 Å². The molecular formula is C19H26N2O3S. The molecule has 0 aliphatic heterocycles. The van der Waals surface area contributed by atoms with Gasteiger partial charge in [0.25, 0.3) is 0 Å². The molecular weight excluding hydrogens is 336 g/mol. The molecule has 0 bridgehead atoms. The van der Waals surface area contributed by atoms with Crippen molar-refractivity contribution in [3.8, 4) is 17.2 Å². The maximum absolute atomic E-state index is 5.66. The first-order valence-corrected chi connectivity index (χ1v) is 9.60. The standard InChI is InChI=1S/C19H26N2O3S/c1-22-17-9-8-14(18(23-2)19(17)24-3)10-21(16-6-4-5-7-16)11-15-12-25-13-20-15/h8-9,12-13,16H,4-7,10-11H2,1-3H3. The van der Waals surface area contributed by atoms with Gasteiger partial charge in [0.2, 0.25) is 5.75 Å². The largest absolute Gasteiger partial charge is 0.493 e. The van der Waals surface area contributed by atoms with E-state index in [1.54, 1.807) is 32.7 Å². The second-order valence-electron chi connectivity index (χ2n) is 6.32. The van der Waals surface area contributed by atoms with Crippen molar-refractivity contribution in [2.45, 2.75) is 44.8 Å². The molecule has 1 aromatic carbocycles. The summed E-state index contributed by atoms with van der Waals surface area (Å²) in [6.45, 7) is 1.68. The molecule has 6 heteroatoms. The van der Waals surface area contributed by atoms with E-state index in [4.69, 9.17) is 14.2 Å². The Morgan fingerprint density at radius 2 is 1.80 bits per heavy atom. The summed E-state index contributed by atoms with van der Waals surface area (Å²) in [7, 11) is 4.97. The van der Waals surface area contributed by atoms with Gasteiger partial charge in [0.1, 0.15) is 0 Å². The van der Waals surface area contributed by atoms with E-state index in [2.05, 4.69) is 21.3 Å². The lowest BCUT2D eigenvalue weighted by Crippen LogP contribution is -2.32. The first-order chi connectivity index (χ1) is 12.3. The Morgan fingerprint density at radius 3 is 2.40 bits per heavy atom. The third-order valence-corrected chi connectivity index (χ3v) is 5.48. The van der Waals surface area contributed by atoms with Crippen LogP contribution in [0.5, 0.6) is 17.2 Å². The molecule has 5 nitrogen and oxygen atoms in total. The summed E-state index contributed by atoms with van der Waals surface area (Å²) in [6, 6.07) is 4.62. The van der Waals surface area contributed by atoms with E-state index in [9.17, 15) is 0 Å². The van der Waals surface area contributed by atoms with Gasteiger partial charge in [-0.3, -0.25) is 4.90 Å². The average Bonchev–Trinajstić information content (AvgIpc) is 3.34. The van der Waals surface area contributed by atoms with Crippen molar-refractivity contribution in [3.63, 3.8) is 0 Å². The number of rotatable bonds is 8. The van der Waals surface area contributed by atoms with Crippen LogP contribution in [0.2, 0.25) is 0 Å². The molecule has 1 saturated carbocycles. The topological polar surface area (TPSA) is 43.8 Å². The van der Waals surface area contributed by atoms with Gasteiger partial charge in [-0.25, -0.2) is 4.98 Å². The molecule has 0 saturated heterocycles. The molecule has 1 aromatic heterocycles. The number of aromatic nitrogens is 1. The second-order valence-corrected chi connectivity index (χ2v) is 7.04. The quantitative estimate of drug-likeness (QED) is 0.707. The van der Waals surface area contributed by atoms with Crippen LogP contribution < -0.4 is 14.2 Å². The van der Waals surface area contributed by atoms with Crippen LogP contribution in [0, 0.1) is 0 Å². The van der Waals surface area contributed by atoms with Crippen LogP contribution >= 0.6 is 11.3 Å². The number of thiazole rings is 1. The maximum atomic E-state index is 5.66. The minimum Gasteiger partial charge on any atom is -0.493 e. The highest BCUT2D eigenvalue weighted by Gasteiger charge is 2.25. The minimum atomic E-state index is 0.597. The fourth-order valence-electron chi connectivity index (χ4n) is 3.61. The smallest absolute Gasteiger partial charge is 0.203 e. The van der Waals surface area contributed by atoms with Crippen molar-refractivity contribution < 1.29 is 14.2 Å². The number of methoxy groups -OCH3 is 3. The summed E-state index contributed by atoms with van der Waals surface area (Å²) in [5.74, 6) is 2.10. The SMILES string of the molecule is COc1ccc(CN(Cc2cscn2)C2CCCC2)c(OC)c1OC. The molecule has 0 N–H and O–H groups in total. The Bertz CT molecular complexity index is 670. The number of hydrogen-bond donors (Lipinski definition) is 0. The molecule has 2 aromatic rings. The van der Waals surface area contributed by atoms with Gasteiger partial charge in [0, 0.05) is 30.1 Å². The van der Waals surface area contributed by atoms with Crippen molar-refractivity contribution >= 4 is 11.3 Å². The van der Waals surface area contributed by atoms with E-state index in [0.29, 0.717) is 17.5 Å². The molecule has 25 heavy (non-hydrogen) atoms. The summed E-state index contributed by atoms with van der Waals surface area (Å²) < 4.78 is 16.6. The Morgan fingerprint density at radius 1 is 1.04 bits per heavy atom. The van der Waals surface area contributed by atoms with Gasteiger partial charge in [-0.05, 0) is 18.9 Å². The zero-order chi connectivity index (χ0) is 17.6. The zero-order valence-electron chi connectivity index (χ0n) is 15.2. The van der Waals surface area contributed by atoms with E-state index < -0.39 is 0 Å². The first-order valence-electron chi connectivity index (χ1n) is 8.65. The Hall–Kier alpha value is -1.79. The van der Waals surface area contributed by atoms with Gasteiger partial charge in [0.05, 0.1) is 32.5 Å². The molecule has 136 valence electrons. The van der Waals surface area contributed by atoms with E-state index in [-0.39, 0.29) is 0 Å². The second kappa shape index (κ2) is 8.54. The molecule has 0 amide bonds. The normalized spacial score (nSPS) is 14.9. The van der Waals surface area contributed by atoms with Gasteiger partial charge in [-0.15, -0.1) is 11.3 Å². The highest BCUT2D eigenvalue weighted by molar-refractivity contribution is 7.07. The van der Waals surface area contributed by atoms with Crippen molar-refractivity contribution in [2.75, 3.05) is 21.3 Å². The van der Waals surface area contributed by atoms with Crippen LogP contribution in [0.25, 0.3) is 0 Å². The minimum absolute atomic E-state index is 0.597. The third kappa shape index (κ3) is 4.07. The summed E-state index contributed by atoms with van der Waals surface area (Å²) in [4.78, 5) is 6.99. The van der Waals surface area contributed by atoms with Crippen LogP contribution in [-0.2, 0) is 13.1 Å². The summed E-state index contributed by atoms with van der Waals surface area (Å²) in [6.07, 6.45) is 5.11. The molecule has 1 aliphatic rings. The summed E-state index contributed by atoms with van der Waals surface area (Å²) in [5, 5.41) is 2.13. The summed E-state index contributed by atoms with van der Waals surface area (Å²) in [5.41, 5.74) is 4.15. The number of benzene rings is 1. The Labute approximate surface area is 153 Å². The first kappa shape index (κ1) is 18.0. The van der Waals surface area contributed by atoms with Gasteiger partial charge >= 0.3 is 0 Å². The molecule has 0 atom stereocenters. The highest BCUT2D eigenvalue weighted by atomic mass is 32.1. The van der Waals surface area contributed by atoms with Crippen LogP contribution in [0.15, 0.2) is 23.0 Å². The van der Waals surface area contributed by atoms with Crippen molar-refractivity contribution in [3.05, 3.63) is 34.3 Å².